The number of fused-ring (bicyclic) bond motifs is 1. The summed E-state index contributed by atoms with van der Waals surface area (Å²) in [6.07, 6.45) is -0.862. The molecular formula is C23H32O10. The molecule has 1 aliphatic rings. The molecule has 1 aliphatic heterocycles. The van der Waals surface area contributed by atoms with Crippen LogP contribution in [0, 0.1) is 0 Å². The molecule has 0 saturated carbocycles. The molecule has 1 fully saturated rings. The van der Waals surface area contributed by atoms with Crippen molar-refractivity contribution >= 4 is 11.0 Å². The van der Waals surface area contributed by atoms with E-state index in [0.717, 1.165) is 32.1 Å². The largest absolute Gasteiger partial charge is 0.504 e. The smallest absolute Gasteiger partial charge is 0.383 e. The van der Waals surface area contributed by atoms with Crippen molar-refractivity contribution in [2.24, 2.45) is 0 Å². The lowest BCUT2D eigenvalue weighted by Gasteiger charge is -2.39. The van der Waals surface area contributed by atoms with Gasteiger partial charge < -0.3 is 44.2 Å². The number of aromatic hydroxyl groups is 1. The summed E-state index contributed by atoms with van der Waals surface area (Å²) in [6, 6.07) is 4.21. The summed E-state index contributed by atoms with van der Waals surface area (Å²) in [6.45, 7) is 1.84. The minimum Gasteiger partial charge on any atom is -0.504 e. The van der Waals surface area contributed by atoms with Crippen LogP contribution in [-0.4, -0.2) is 69.5 Å². The van der Waals surface area contributed by atoms with E-state index in [1.165, 1.54) is 24.6 Å². The second-order valence-electron chi connectivity index (χ2n) is 8.16. The summed E-state index contributed by atoms with van der Waals surface area (Å²) in [5, 5.41) is 49.9. The first-order valence-corrected chi connectivity index (χ1v) is 11.3. The Morgan fingerprint density at radius 3 is 2.45 bits per heavy atom. The molecule has 1 aromatic carbocycles. The lowest BCUT2D eigenvalue weighted by molar-refractivity contribution is -0.277. The Bertz CT molecular complexity index is 956. The SMILES string of the molecule is CCCCCCCCOc1c(O)c2ccc(OC3O[C@H](CO)[C@@H](O)[C@H](O)[C@@H]3O)cc2oc1=O. The third-order valence-electron chi connectivity index (χ3n) is 5.66. The van der Waals surface area contributed by atoms with Crippen LogP contribution in [0.2, 0.25) is 0 Å². The molecule has 3 rings (SSSR count). The monoisotopic (exact) mass is 468 g/mol. The number of aliphatic hydroxyl groups is 4. The number of unbranched alkanes of at least 4 members (excludes halogenated alkanes) is 5. The number of rotatable bonds is 11. The first-order valence-electron chi connectivity index (χ1n) is 11.3. The Hall–Kier alpha value is -2.37. The number of ether oxygens (including phenoxy) is 3. The van der Waals surface area contributed by atoms with Crippen molar-refractivity contribution in [1.29, 1.82) is 0 Å². The van der Waals surface area contributed by atoms with E-state index < -0.39 is 42.9 Å². The molecule has 0 spiro atoms. The van der Waals surface area contributed by atoms with Crippen LogP contribution in [0.5, 0.6) is 17.2 Å². The van der Waals surface area contributed by atoms with Gasteiger partial charge in [-0.3, -0.25) is 0 Å². The first-order chi connectivity index (χ1) is 15.9. The molecule has 184 valence electrons. The van der Waals surface area contributed by atoms with Crippen molar-refractivity contribution in [3.05, 3.63) is 28.6 Å². The molecule has 2 heterocycles. The summed E-state index contributed by atoms with van der Waals surface area (Å²) in [7, 11) is 0. The van der Waals surface area contributed by atoms with Crippen LogP contribution in [0.25, 0.3) is 11.0 Å². The number of aliphatic hydroxyl groups excluding tert-OH is 4. The highest BCUT2D eigenvalue weighted by Gasteiger charge is 2.44. The lowest BCUT2D eigenvalue weighted by Crippen LogP contribution is -2.60. The third kappa shape index (κ3) is 5.96. The molecule has 33 heavy (non-hydrogen) atoms. The van der Waals surface area contributed by atoms with E-state index >= 15 is 0 Å². The van der Waals surface area contributed by atoms with E-state index in [9.17, 15) is 30.3 Å². The van der Waals surface area contributed by atoms with E-state index in [2.05, 4.69) is 6.92 Å². The zero-order valence-corrected chi connectivity index (χ0v) is 18.6. The summed E-state index contributed by atoms with van der Waals surface area (Å²) in [5.74, 6) is -0.486. The van der Waals surface area contributed by atoms with Crippen LogP contribution < -0.4 is 15.1 Å². The van der Waals surface area contributed by atoms with Gasteiger partial charge in [-0.05, 0) is 18.6 Å². The Kier molecular flexibility index (Phi) is 8.93. The molecule has 10 heteroatoms. The quantitative estimate of drug-likeness (QED) is 0.241. The minimum absolute atomic E-state index is 0.0199. The van der Waals surface area contributed by atoms with E-state index in [0.29, 0.717) is 0 Å². The number of hydrogen-bond donors (Lipinski definition) is 5. The molecule has 1 saturated heterocycles. The third-order valence-corrected chi connectivity index (χ3v) is 5.66. The molecule has 2 aromatic rings. The van der Waals surface area contributed by atoms with Gasteiger partial charge in [-0.1, -0.05) is 39.0 Å². The van der Waals surface area contributed by atoms with Gasteiger partial charge in [0.05, 0.1) is 18.6 Å². The predicted octanol–water partition coefficient (Wildman–Crippen LogP) is 1.42. The van der Waals surface area contributed by atoms with Gasteiger partial charge in [0.25, 0.3) is 0 Å². The molecule has 0 bridgehead atoms. The summed E-state index contributed by atoms with van der Waals surface area (Å²) in [4.78, 5) is 12.3. The van der Waals surface area contributed by atoms with Crippen molar-refractivity contribution < 1.29 is 44.2 Å². The van der Waals surface area contributed by atoms with E-state index in [-0.39, 0.29) is 34.8 Å². The van der Waals surface area contributed by atoms with Crippen LogP contribution in [0.4, 0.5) is 0 Å². The maximum atomic E-state index is 12.3. The van der Waals surface area contributed by atoms with Gasteiger partial charge in [-0.25, -0.2) is 4.79 Å². The molecule has 1 unspecified atom stereocenters. The normalized spacial score (nSPS) is 25.3. The van der Waals surface area contributed by atoms with Crippen LogP contribution >= 0.6 is 0 Å². The van der Waals surface area contributed by atoms with Crippen molar-refractivity contribution in [3.8, 4) is 17.2 Å². The molecule has 0 aliphatic carbocycles. The Morgan fingerprint density at radius 2 is 1.73 bits per heavy atom. The average Bonchev–Trinajstić information content (AvgIpc) is 2.80. The number of hydrogen-bond acceptors (Lipinski definition) is 10. The Labute approximate surface area is 190 Å². The predicted molar refractivity (Wildman–Crippen MR) is 117 cm³/mol. The molecule has 5 N–H and O–H groups in total. The van der Waals surface area contributed by atoms with Gasteiger partial charge in [0.15, 0.2) is 5.75 Å². The van der Waals surface area contributed by atoms with Crippen molar-refractivity contribution in [3.63, 3.8) is 0 Å². The van der Waals surface area contributed by atoms with Gasteiger partial charge in [0.2, 0.25) is 12.0 Å². The van der Waals surface area contributed by atoms with Gasteiger partial charge in [-0.2, -0.15) is 0 Å². The van der Waals surface area contributed by atoms with Crippen molar-refractivity contribution in [1.82, 2.24) is 0 Å². The fraction of sp³-hybridized carbons (Fsp3) is 0.609. The molecule has 5 atom stereocenters. The van der Waals surface area contributed by atoms with Crippen LogP contribution in [-0.2, 0) is 4.74 Å². The lowest BCUT2D eigenvalue weighted by atomic mass is 9.99. The van der Waals surface area contributed by atoms with E-state index in [4.69, 9.17) is 18.6 Å². The molecule has 10 nitrogen and oxygen atoms in total. The van der Waals surface area contributed by atoms with Crippen LogP contribution in [0.1, 0.15) is 45.4 Å². The minimum atomic E-state index is -1.59. The topological polar surface area (TPSA) is 159 Å². The highest BCUT2D eigenvalue weighted by molar-refractivity contribution is 5.86. The fourth-order valence-electron chi connectivity index (χ4n) is 3.70. The zero-order chi connectivity index (χ0) is 24.0. The molecule has 0 radical (unpaired) electrons. The molecule has 1 aromatic heterocycles. The Morgan fingerprint density at radius 1 is 1.00 bits per heavy atom. The second-order valence-corrected chi connectivity index (χ2v) is 8.16. The highest BCUT2D eigenvalue weighted by Crippen LogP contribution is 2.34. The maximum Gasteiger partial charge on any atom is 0.383 e. The number of benzene rings is 1. The highest BCUT2D eigenvalue weighted by atomic mass is 16.7. The molecular weight excluding hydrogens is 436 g/mol. The average molecular weight is 468 g/mol. The summed E-state index contributed by atoms with van der Waals surface area (Å²) >= 11 is 0. The van der Waals surface area contributed by atoms with Crippen LogP contribution in [0.3, 0.4) is 0 Å². The van der Waals surface area contributed by atoms with Crippen LogP contribution in [0.15, 0.2) is 27.4 Å². The molecule has 0 amide bonds. The van der Waals surface area contributed by atoms with Gasteiger partial charge in [0, 0.05) is 6.07 Å². The van der Waals surface area contributed by atoms with Gasteiger partial charge >= 0.3 is 5.63 Å². The van der Waals surface area contributed by atoms with Gasteiger partial charge in [0.1, 0.15) is 35.7 Å². The van der Waals surface area contributed by atoms with E-state index in [1.54, 1.807) is 0 Å². The summed E-state index contributed by atoms with van der Waals surface area (Å²) < 4.78 is 21.6. The van der Waals surface area contributed by atoms with Crippen molar-refractivity contribution in [2.75, 3.05) is 13.2 Å². The Balaban J connectivity index is 1.69. The zero-order valence-electron chi connectivity index (χ0n) is 18.6. The summed E-state index contributed by atoms with van der Waals surface area (Å²) in [5.41, 5.74) is -0.817. The maximum absolute atomic E-state index is 12.3. The second kappa shape index (κ2) is 11.7. The van der Waals surface area contributed by atoms with Crippen molar-refractivity contribution in [2.45, 2.75) is 76.2 Å². The van der Waals surface area contributed by atoms with Gasteiger partial charge in [-0.15, -0.1) is 0 Å². The van der Waals surface area contributed by atoms with E-state index in [1.807, 2.05) is 0 Å². The standard InChI is InChI=1S/C23H32O10/c1-2-3-4-5-6-7-10-30-21-17(25)14-9-8-13(11-15(14)32-22(21)29)31-23-20(28)19(27)18(26)16(12-24)33-23/h8-9,11,16,18-20,23-28H,2-7,10,12H2,1H3/t16-,18-,19+,20+,23?/m1/s1. The first kappa shape index (κ1) is 25.3. The fourth-order valence-corrected chi connectivity index (χ4v) is 3.70.